The third-order valence-electron chi connectivity index (χ3n) is 2.16. The number of hydrogen-bond donors (Lipinski definition) is 2. The number of rotatable bonds is 3. The summed E-state index contributed by atoms with van der Waals surface area (Å²) < 4.78 is 37.8. The minimum absolute atomic E-state index is 0.0520. The number of hydrazine groups is 1. The van der Waals surface area contributed by atoms with E-state index in [1.54, 1.807) is 24.3 Å². The average molecular weight is 319 g/mol. The standard InChI is InChI=1S/C11H6ClF3N4S/c12-6-1-3-7(4-2-6)18-19-10-17-9(11(13,14)15)8(5-16)20-10/h1-4,18H,(H,17,19). The number of nitrogens with zero attached hydrogens (tertiary/aromatic N) is 2. The van der Waals surface area contributed by atoms with Crippen molar-refractivity contribution < 1.29 is 13.2 Å². The van der Waals surface area contributed by atoms with Crippen LogP contribution in [0.4, 0.5) is 24.0 Å². The maximum Gasteiger partial charge on any atom is 0.435 e. The van der Waals surface area contributed by atoms with E-state index >= 15 is 0 Å². The fourth-order valence-electron chi connectivity index (χ4n) is 1.30. The highest BCUT2D eigenvalue weighted by Crippen LogP contribution is 2.35. The second-order valence-corrected chi connectivity index (χ2v) is 5.00. The molecule has 2 rings (SSSR count). The summed E-state index contributed by atoms with van der Waals surface area (Å²) in [6.45, 7) is 0. The van der Waals surface area contributed by atoms with Crippen molar-refractivity contribution in [3.05, 3.63) is 39.9 Å². The minimum Gasteiger partial charge on any atom is -0.299 e. The van der Waals surface area contributed by atoms with Gasteiger partial charge in [0.2, 0.25) is 5.13 Å². The SMILES string of the molecule is N#Cc1sc(NNc2ccc(Cl)cc2)nc1C(F)(F)F. The van der Waals surface area contributed by atoms with Gasteiger partial charge in [0.25, 0.3) is 0 Å². The van der Waals surface area contributed by atoms with E-state index in [0.717, 1.165) is 0 Å². The predicted molar refractivity (Wildman–Crippen MR) is 70.5 cm³/mol. The summed E-state index contributed by atoms with van der Waals surface area (Å²) in [5, 5.41) is 9.15. The summed E-state index contributed by atoms with van der Waals surface area (Å²) in [6.07, 6.45) is -4.65. The molecular formula is C11H6ClF3N4S. The molecule has 0 radical (unpaired) electrons. The molecule has 0 fully saturated rings. The molecule has 9 heteroatoms. The Balaban J connectivity index is 2.13. The molecule has 0 spiro atoms. The molecule has 0 aliphatic rings. The van der Waals surface area contributed by atoms with Crippen LogP contribution in [0.15, 0.2) is 24.3 Å². The molecule has 2 N–H and O–H groups in total. The molecule has 0 aliphatic heterocycles. The van der Waals surface area contributed by atoms with Gasteiger partial charge in [0, 0.05) is 5.02 Å². The van der Waals surface area contributed by atoms with Gasteiger partial charge in [-0.25, -0.2) is 4.98 Å². The maximum absolute atomic E-state index is 12.6. The molecule has 20 heavy (non-hydrogen) atoms. The molecule has 1 aromatic heterocycles. The first-order chi connectivity index (χ1) is 9.40. The van der Waals surface area contributed by atoms with E-state index < -0.39 is 16.7 Å². The Morgan fingerprint density at radius 3 is 2.35 bits per heavy atom. The third-order valence-corrected chi connectivity index (χ3v) is 3.28. The van der Waals surface area contributed by atoms with E-state index in [-0.39, 0.29) is 5.13 Å². The van der Waals surface area contributed by atoms with Gasteiger partial charge in [-0.3, -0.25) is 10.9 Å². The summed E-state index contributed by atoms with van der Waals surface area (Å²) in [5.41, 5.74) is 4.58. The number of benzene rings is 1. The predicted octanol–water partition coefficient (Wildman–Crippen LogP) is 4.13. The molecule has 0 saturated heterocycles. The third kappa shape index (κ3) is 3.31. The molecule has 4 nitrogen and oxygen atoms in total. The molecule has 1 aromatic carbocycles. The quantitative estimate of drug-likeness (QED) is 0.835. The zero-order chi connectivity index (χ0) is 14.8. The lowest BCUT2D eigenvalue weighted by Gasteiger charge is -2.06. The number of nitrogens with one attached hydrogen (secondary N) is 2. The van der Waals surface area contributed by atoms with Gasteiger partial charge in [0.1, 0.15) is 10.9 Å². The van der Waals surface area contributed by atoms with Crippen molar-refractivity contribution in [1.29, 1.82) is 5.26 Å². The average Bonchev–Trinajstić information content (AvgIpc) is 2.81. The Morgan fingerprint density at radius 2 is 1.85 bits per heavy atom. The Hall–Kier alpha value is -1.98. The van der Waals surface area contributed by atoms with Gasteiger partial charge in [-0.2, -0.15) is 18.4 Å². The fourth-order valence-corrected chi connectivity index (χ4v) is 2.16. The molecule has 0 saturated carbocycles. The van der Waals surface area contributed by atoms with Crippen LogP contribution in [0.25, 0.3) is 0 Å². The number of nitriles is 1. The molecule has 0 amide bonds. The van der Waals surface area contributed by atoms with E-state index in [9.17, 15) is 13.2 Å². The lowest BCUT2D eigenvalue weighted by Crippen LogP contribution is -2.10. The van der Waals surface area contributed by atoms with Crippen LogP contribution in [0.1, 0.15) is 10.6 Å². The van der Waals surface area contributed by atoms with Crippen LogP contribution in [0.3, 0.4) is 0 Å². The Morgan fingerprint density at radius 1 is 1.20 bits per heavy atom. The summed E-state index contributed by atoms with van der Waals surface area (Å²) >= 11 is 6.32. The summed E-state index contributed by atoms with van der Waals surface area (Å²) in [6, 6.07) is 7.99. The van der Waals surface area contributed by atoms with Crippen LogP contribution in [0.2, 0.25) is 5.02 Å². The van der Waals surface area contributed by atoms with Crippen molar-refractivity contribution in [2.45, 2.75) is 6.18 Å². The van der Waals surface area contributed by atoms with Crippen molar-refractivity contribution in [2.75, 3.05) is 10.9 Å². The van der Waals surface area contributed by atoms with Gasteiger partial charge in [0.05, 0.1) is 5.69 Å². The summed E-state index contributed by atoms with van der Waals surface area (Å²) in [7, 11) is 0. The first kappa shape index (κ1) is 14.4. The van der Waals surface area contributed by atoms with Crippen molar-refractivity contribution in [3.63, 3.8) is 0 Å². The molecule has 2 aromatic rings. The first-order valence-electron chi connectivity index (χ1n) is 5.16. The number of aromatic nitrogens is 1. The van der Waals surface area contributed by atoms with Crippen molar-refractivity contribution in [1.82, 2.24) is 4.98 Å². The second-order valence-electron chi connectivity index (χ2n) is 3.56. The first-order valence-corrected chi connectivity index (χ1v) is 6.35. The number of halogens is 4. The van der Waals surface area contributed by atoms with Crippen molar-refractivity contribution >= 4 is 33.8 Å². The van der Waals surface area contributed by atoms with Gasteiger partial charge in [-0.1, -0.05) is 22.9 Å². The topological polar surface area (TPSA) is 60.7 Å². The Kier molecular flexibility index (Phi) is 4.01. The van der Waals surface area contributed by atoms with Crippen LogP contribution in [0.5, 0.6) is 0 Å². The zero-order valence-corrected chi connectivity index (χ0v) is 11.2. The van der Waals surface area contributed by atoms with E-state index in [2.05, 4.69) is 15.8 Å². The Bertz CT molecular complexity index is 645. The highest BCUT2D eigenvalue weighted by atomic mass is 35.5. The van der Waals surface area contributed by atoms with E-state index in [1.807, 2.05) is 0 Å². The van der Waals surface area contributed by atoms with Crippen LogP contribution in [0, 0.1) is 11.3 Å². The lowest BCUT2D eigenvalue weighted by molar-refractivity contribution is -0.140. The van der Waals surface area contributed by atoms with Crippen LogP contribution >= 0.6 is 22.9 Å². The smallest absolute Gasteiger partial charge is 0.299 e. The largest absolute Gasteiger partial charge is 0.435 e. The molecule has 0 atom stereocenters. The van der Waals surface area contributed by atoms with Crippen LogP contribution < -0.4 is 10.9 Å². The molecule has 0 aliphatic carbocycles. The van der Waals surface area contributed by atoms with Crippen LogP contribution in [-0.4, -0.2) is 4.98 Å². The monoisotopic (exact) mass is 318 g/mol. The van der Waals surface area contributed by atoms with E-state index in [1.165, 1.54) is 6.07 Å². The minimum atomic E-state index is -4.65. The van der Waals surface area contributed by atoms with Crippen molar-refractivity contribution in [2.24, 2.45) is 0 Å². The van der Waals surface area contributed by atoms with E-state index in [4.69, 9.17) is 16.9 Å². The van der Waals surface area contributed by atoms with Gasteiger partial charge in [-0.05, 0) is 24.3 Å². The van der Waals surface area contributed by atoms with Crippen LogP contribution in [-0.2, 0) is 6.18 Å². The molecule has 0 unspecified atom stereocenters. The maximum atomic E-state index is 12.6. The number of hydrogen-bond acceptors (Lipinski definition) is 5. The second kappa shape index (κ2) is 5.56. The lowest BCUT2D eigenvalue weighted by atomic mass is 10.3. The number of alkyl halides is 3. The zero-order valence-electron chi connectivity index (χ0n) is 9.62. The number of thiazole rings is 1. The molecular weight excluding hydrogens is 313 g/mol. The normalized spacial score (nSPS) is 10.9. The fraction of sp³-hybridized carbons (Fsp3) is 0.0909. The summed E-state index contributed by atoms with van der Waals surface area (Å²) in [4.78, 5) is 2.87. The van der Waals surface area contributed by atoms with Gasteiger partial charge in [0.15, 0.2) is 5.69 Å². The van der Waals surface area contributed by atoms with Crippen molar-refractivity contribution in [3.8, 4) is 6.07 Å². The highest BCUT2D eigenvalue weighted by molar-refractivity contribution is 7.16. The molecule has 0 bridgehead atoms. The summed E-state index contributed by atoms with van der Waals surface area (Å²) in [5.74, 6) is 0. The highest BCUT2D eigenvalue weighted by Gasteiger charge is 2.37. The van der Waals surface area contributed by atoms with E-state index in [0.29, 0.717) is 22.0 Å². The van der Waals surface area contributed by atoms with Gasteiger partial charge in [-0.15, -0.1) is 0 Å². The number of anilines is 2. The molecule has 104 valence electrons. The van der Waals surface area contributed by atoms with Gasteiger partial charge >= 0.3 is 6.18 Å². The molecule has 1 heterocycles. The van der Waals surface area contributed by atoms with Gasteiger partial charge < -0.3 is 0 Å². The Labute approximate surface area is 120 Å².